The normalized spacial score (nSPS) is 27.7. The molecule has 1 fully saturated rings. The molecule has 0 amide bonds. The molecule has 88 valence electrons. The second kappa shape index (κ2) is 4.98. The average molecular weight is 219 g/mol. The van der Waals surface area contributed by atoms with E-state index in [0.717, 1.165) is 18.5 Å². The highest BCUT2D eigenvalue weighted by Gasteiger charge is 2.25. The quantitative estimate of drug-likeness (QED) is 0.800. The molecule has 0 radical (unpaired) electrons. The molecule has 1 aliphatic rings. The van der Waals surface area contributed by atoms with Crippen LogP contribution in [0.2, 0.25) is 0 Å². The number of aryl methyl sites for hydroxylation is 1. The summed E-state index contributed by atoms with van der Waals surface area (Å²) in [4.78, 5) is 0. The molecule has 1 saturated heterocycles. The van der Waals surface area contributed by atoms with Gasteiger partial charge in [0.25, 0.3) is 0 Å². The number of aliphatic hydroxyl groups is 1. The molecule has 16 heavy (non-hydrogen) atoms. The average Bonchev–Trinajstić information content (AvgIpc) is 2.29. The molecule has 0 bridgehead atoms. The van der Waals surface area contributed by atoms with Gasteiger partial charge in [-0.05, 0) is 37.8 Å². The van der Waals surface area contributed by atoms with Gasteiger partial charge < -0.3 is 10.4 Å². The van der Waals surface area contributed by atoms with Gasteiger partial charge in [0.2, 0.25) is 0 Å². The Labute approximate surface area is 97.7 Å². The Morgan fingerprint density at radius 1 is 1.31 bits per heavy atom. The highest BCUT2D eigenvalue weighted by atomic mass is 16.3. The third-order valence-electron chi connectivity index (χ3n) is 3.50. The van der Waals surface area contributed by atoms with E-state index in [4.69, 9.17) is 0 Å². The van der Waals surface area contributed by atoms with E-state index in [0.29, 0.717) is 5.92 Å². The monoisotopic (exact) mass is 219 g/mol. The molecule has 2 nitrogen and oxygen atoms in total. The standard InChI is InChI=1S/C14H21NO/c1-10-3-5-12(6-4-10)14(16)13-9-11(2)7-8-15-13/h3-6,11,13-16H,7-9H2,1-2H3. The van der Waals surface area contributed by atoms with Gasteiger partial charge in [0.05, 0.1) is 6.10 Å². The molecule has 1 aromatic carbocycles. The van der Waals surface area contributed by atoms with Crippen molar-refractivity contribution in [3.8, 4) is 0 Å². The molecule has 3 atom stereocenters. The van der Waals surface area contributed by atoms with Crippen LogP contribution in [0.4, 0.5) is 0 Å². The van der Waals surface area contributed by atoms with Gasteiger partial charge in [-0.25, -0.2) is 0 Å². The Kier molecular flexibility index (Phi) is 3.62. The van der Waals surface area contributed by atoms with Crippen LogP contribution in [0, 0.1) is 12.8 Å². The molecule has 2 heteroatoms. The van der Waals surface area contributed by atoms with E-state index in [2.05, 4.69) is 31.3 Å². The number of nitrogens with one attached hydrogen (secondary N) is 1. The number of piperidine rings is 1. The SMILES string of the molecule is Cc1ccc(C(O)C2CC(C)CCN2)cc1. The lowest BCUT2D eigenvalue weighted by Gasteiger charge is -2.31. The van der Waals surface area contributed by atoms with Crippen molar-refractivity contribution in [2.24, 2.45) is 5.92 Å². The number of aliphatic hydroxyl groups excluding tert-OH is 1. The molecule has 0 saturated carbocycles. The minimum Gasteiger partial charge on any atom is -0.387 e. The first-order valence-electron chi connectivity index (χ1n) is 6.15. The Morgan fingerprint density at radius 3 is 2.62 bits per heavy atom. The molecule has 0 spiro atoms. The molecule has 1 aliphatic heterocycles. The molecule has 0 aliphatic carbocycles. The van der Waals surface area contributed by atoms with E-state index in [1.165, 1.54) is 12.0 Å². The van der Waals surface area contributed by atoms with Crippen molar-refractivity contribution in [1.82, 2.24) is 5.32 Å². The van der Waals surface area contributed by atoms with Gasteiger partial charge >= 0.3 is 0 Å². The van der Waals surface area contributed by atoms with Crippen molar-refractivity contribution in [3.05, 3.63) is 35.4 Å². The topological polar surface area (TPSA) is 32.3 Å². The van der Waals surface area contributed by atoms with E-state index in [1.54, 1.807) is 0 Å². The van der Waals surface area contributed by atoms with Crippen molar-refractivity contribution in [2.45, 2.75) is 38.8 Å². The summed E-state index contributed by atoms with van der Waals surface area (Å²) in [5.41, 5.74) is 2.26. The smallest absolute Gasteiger partial charge is 0.0943 e. The van der Waals surface area contributed by atoms with Crippen LogP contribution in [0.1, 0.15) is 37.0 Å². The maximum Gasteiger partial charge on any atom is 0.0943 e. The number of hydrogen-bond acceptors (Lipinski definition) is 2. The van der Waals surface area contributed by atoms with Crippen LogP contribution in [0.15, 0.2) is 24.3 Å². The van der Waals surface area contributed by atoms with Crippen LogP contribution < -0.4 is 5.32 Å². The van der Waals surface area contributed by atoms with Crippen molar-refractivity contribution in [1.29, 1.82) is 0 Å². The van der Waals surface area contributed by atoms with Gasteiger partial charge in [-0.15, -0.1) is 0 Å². The van der Waals surface area contributed by atoms with Crippen LogP contribution in [0.3, 0.4) is 0 Å². The fourth-order valence-corrected chi connectivity index (χ4v) is 2.39. The fraction of sp³-hybridized carbons (Fsp3) is 0.571. The molecule has 1 aromatic rings. The predicted octanol–water partition coefficient (Wildman–Crippen LogP) is 2.42. The Hall–Kier alpha value is -0.860. The fourth-order valence-electron chi connectivity index (χ4n) is 2.39. The lowest BCUT2D eigenvalue weighted by molar-refractivity contribution is 0.101. The summed E-state index contributed by atoms with van der Waals surface area (Å²) < 4.78 is 0. The summed E-state index contributed by atoms with van der Waals surface area (Å²) in [6.07, 6.45) is 1.91. The maximum atomic E-state index is 10.3. The summed E-state index contributed by atoms with van der Waals surface area (Å²) in [5, 5.41) is 13.7. The minimum absolute atomic E-state index is 0.214. The van der Waals surface area contributed by atoms with Crippen molar-refractivity contribution in [3.63, 3.8) is 0 Å². The Bertz CT molecular complexity index is 333. The van der Waals surface area contributed by atoms with Crippen LogP contribution in [-0.4, -0.2) is 17.7 Å². The van der Waals surface area contributed by atoms with Crippen molar-refractivity contribution < 1.29 is 5.11 Å². The van der Waals surface area contributed by atoms with Gasteiger partial charge in [0.1, 0.15) is 0 Å². The summed E-state index contributed by atoms with van der Waals surface area (Å²) in [6, 6.07) is 8.39. The van der Waals surface area contributed by atoms with Gasteiger partial charge in [0.15, 0.2) is 0 Å². The zero-order valence-electron chi connectivity index (χ0n) is 10.1. The van der Waals surface area contributed by atoms with Crippen molar-refractivity contribution in [2.75, 3.05) is 6.54 Å². The molecule has 0 aromatic heterocycles. The highest BCUT2D eigenvalue weighted by Crippen LogP contribution is 2.25. The second-order valence-corrected chi connectivity index (χ2v) is 5.05. The van der Waals surface area contributed by atoms with Gasteiger partial charge in [-0.2, -0.15) is 0 Å². The maximum absolute atomic E-state index is 10.3. The molecule has 3 unspecified atom stereocenters. The van der Waals surface area contributed by atoms with E-state index in [1.807, 2.05) is 12.1 Å². The first-order valence-corrected chi connectivity index (χ1v) is 6.15. The number of benzene rings is 1. The molecular weight excluding hydrogens is 198 g/mol. The van der Waals surface area contributed by atoms with Crippen LogP contribution in [0.25, 0.3) is 0 Å². The summed E-state index contributed by atoms with van der Waals surface area (Å²) in [5.74, 6) is 0.714. The lowest BCUT2D eigenvalue weighted by Crippen LogP contribution is -2.41. The Morgan fingerprint density at radius 2 is 2.00 bits per heavy atom. The summed E-state index contributed by atoms with van der Waals surface area (Å²) in [6.45, 7) is 5.35. The van der Waals surface area contributed by atoms with E-state index < -0.39 is 0 Å². The highest BCUT2D eigenvalue weighted by molar-refractivity contribution is 5.24. The van der Waals surface area contributed by atoms with E-state index in [9.17, 15) is 5.11 Å². The zero-order chi connectivity index (χ0) is 11.5. The van der Waals surface area contributed by atoms with Gasteiger partial charge in [-0.3, -0.25) is 0 Å². The summed E-state index contributed by atoms with van der Waals surface area (Å²) in [7, 11) is 0. The third-order valence-corrected chi connectivity index (χ3v) is 3.50. The largest absolute Gasteiger partial charge is 0.387 e. The van der Waals surface area contributed by atoms with Gasteiger partial charge in [0, 0.05) is 6.04 Å². The first kappa shape index (κ1) is 11.6. The number of hydrogen-bond donors (Lipinski definition) is 2. The van der Waals surface area contributed by atoms with Gasteiger partial charge in [-0.1, -0.05) is 36.8 Å². The molecule has 1 heterocycles. The van der Waals surface area contributed by atoms with Crippen LogP contribution in [-0.2, 0) is 0 Å². The lowest BCUT2D eigenvalue weighted by atomic mass is 9.88. The molecule has 2 N–H and O–H groups in total. The molecule has 2 rings (SSSR count). The van der Waals surface area contributed by atoms with Crippen molar-refractivity contribution >= 4 is 0 Å². The van der Waals surface area contributed by atoms with Crippen LogP contribution in [0.5, 0.6) is 0 Å². The van der Waals surface area contributed by atoms with Crippen LogP contribution >= 0.6 is 0 Å². The van der Waals surface area contributed by atoms with E-state index >= 15 is 0 Å². The minimum atomic E-state index is -0.372. The molecular formula is C14H21NO. The van der Waals surface area contributed by atoms with E-state index in [-0.39, 0.29) is 12.1 Å². The number of rotatable bonds is 2. The zero-order valence-corrected chi connectivity index (χ0v) is 10.1. The third kappa shape index (κ3) is 2.63. The summed E-state index contributed by atoms with van der Waals surface area (Å²) >= 11 is 0. The first-order chi connectivity index (χ1) is 7.66. The predicted molar refractivity (Wildman–Crippen MR) is 66.3 cm³/mol. The second-order valence-electron chi connectivity index (χ2n) is 5.05. The Balaban J connectivity index is 2.06.